The quantitative estimate of drug-likeness (QED) is 0.903. The second-order valence-corrected chi connectivity index (χ2v) is 4.65. The topological polar surface area (TPSA) is 37.4 Å². The van der Waals surface area contributed by atoms with Crippen molar-refractivity contribution in [1.82, 2.24) is 15.2 Å². The van der Waals surface area contributed by atoms with Gasteiger partial charge in [-0.2, -0.15) is 0 Å². The van der Waals surface area contributed by atoms with E-state index in [4.69, 9.17) is 4.74 Å². The number of rotatable bonds is 4. The van der Waals surface area contributed by atoms with Crippen molar-refractivity contribution in [3.8, 4) is 5.75 Å². The van der Waals surface area contributed by atoms with Crippen LogP contribution < -0.4 is 10.1 Å². The Morgan fingerprint density at radius 2 is 2.28 bits per heavy atom. The van der Waals surface area contributed by atoms with E-state index in [1.165, 1.54) is 6.42 Å². The van der Waals surface area contributed by atoms with Crippen LogP contribution >= 0.6 is 12.4 Å². The molecule has 1 saturated heterocycles. The summed E-state index contributed by atoms with van der Waals surface area (Å²) in [4.78, 5) is 6.99. The van der Waals surface area contributed by atoms with E-state index in [1.54, 1.807) is 7.11 Å². The molecule has 0 aromatic carbocycles. The molecule has 1 fully saturated rings. The van der Waals surface area contributed by atoms with Gasteiger partial charge < -0.3 is 10.1 Å². The van der Waals surface area contributed by atoms with Crippen molar-refractivity contribution in [3.05, 3.63) is 23.5 Å². The maximum absolute atomic E-state index is 5.27. The molecule has 1 aromatic rings. The number of likely N-dealkylation sites (tertiary alicyclic amines) is 1. The van der Waals surface area contributed by atoms with E-state index in [9.17, 15) is 0 Å². The van der Waals surface area contributed by atoms with Crippen LogP contribution in [0.25, 0.3) is 0 Å². The first kappa shape index (κ1) is 15.2. The summed E-state index contributed by atoms with van der Waals surface area (Å²) in [6, 6.07) is 4.62. The summed E-state index contributed by atoms with van der Waals surface area (Å²) in [5.74, 6) is 0.900. The lowest BCUT2D eigenvalue weighted by Crippen LogP contribution is -2.29. The van der Waals surface area contributed by atoms with Crippen LogP contribution in [-0.4, -0.2) is 43.2 Å². The molecule has 1 N–H and O–H groups in total. The Morgan fingerprint density at radius 1 is 1.50 bits per heavy atom. The van der Waals surface area contributed by atoms with E-state index < -0.39 is 0 Å². The number of methoxy groups -OCH3 is 1. The molecular formula is C13H22ClN3O. The second-order valence-electron chi connectivity index (χ2n) is 4.65. The Balaban J connectivity index is 0.00000162. The molecule has 102 valence electrons. The summed E-state index contributed by atoms with van der Waals surface area (Å²) < 4.78 is 5.27. The molecule has 1 aromatic heterocycles. The van der Waals surface area contributed by atoms with Gasteiger partial charge in [-0.3, -0.25) is 9.88 Å². The first-order valence-electron chi connectivity index (χ1n) is 6.12. The normalized spacial score (nSPS) is 19.6. The number of aryl methyl sites for hydroxylation is 1. The Morgan fingerprint density at radius 3 is 2.89 bits per heavy atom. The fourth-order valence-corrected chi connectivity index (χ4v) is 2.34. The summed E-state index contributed by atoms with van der Waals surface area (Å²) in [5.41, 5.74) is 2.11. The van der Waals surface area contributed by atoms with E-state index in [0.717, 1.165) is 36.8 Å². The summed E-state index contributed by atoms with van der Waals surface area (Å²) in [6.07, 6.45) is 1.22. The van der Waals surface area contributed by atoms with Gasteiger partial charge in [0, 0.05) is 43.5 Å². The van der Waals surface area contributed by atoms with E-state index in [1.807, 2.05) is 26.1 Å². The number of hydrogen-bond donors (Lipinski definition) is 1. The SMILES string of the molecule is CNC1CCN(Cc2cc(OC)cc(C)n2)C1.Cl. The number of ether oxygens (including phenoxy) is 1. The van der Waals surface area contributed by atoms with Crippen molar-refractivity contribution in [1.29, 1.82) is 0 Å². The van der Waals surface area contributed by atoms with Crippen molar-refractivity contribution in [3.63, 3.8) is 0 Å². The van der Waals surface area contributed by atoms with Gasteiger partial charge in [0.15, 0.2) is 0 Å². The Kier molecular flexibility index (Phi) is 5.85. The van der Waals surface area contributed by atoms with Gasteiger partial charge >= 0.3 is 0 Å². The predicted molar refractivity (Wildman–Crippen MR) is 75.5 cm³/mol. The summed E-state index contributed by atoms with van der Waals surface area (Å²) >= 11 is 0. The first-order chi connectivity index (χ1) is 8.21. The maximum atomic E-state index is 5.27. The molecule has 2 rings (SSSR count). The van der Waals surface area contributed by atoms with Crippen molar-refractivity contribution in [2.24, 2.45) is 0 Å². The van der Waals surface area contributed by atoms with Crippen LogP contribution in [0.5, 0.6) is 5.75 Å². The third kappa shape index (κ3) is 3.83. The molecule has 0 spiro atoms. The molecule has 1 aliphatic heterocycles. The van der Waals surface area contributed by atoms with E-state index in [-0.39, 0.29) is 12.4 Å². The molecule has 1 aliphatic rings. The van der Waals surface area contributed by atoms with Gasteiger partial charge in [0.2, 0.25) is 0 Å². The maximum Gasteiger partial charge on any atom is 0.122 e. The molecule has 2 heterocycles. The lowest BCUT2D eigenvalue weighted by Gasteiger charge is -2.16. The number of pyridine rings is 1. The highest BCUT2D eigenvalue weighted by molar-refractivity contribution is 5.85. The molecule has 0 saturated carbocycles. The number of halogens is 1. The van der Waals surface area contributed by atoms with Crippen LogP contribution in [0.4, 0.5) is 0 Å². The summed E-state index contributed by atoms with van der Waals surface area (Å²) in [6.45, 7) is 5.17. The predicted octanol–water partition coefficient (Wildman–Crippen LogP) is 1.61. The molecule has 0 bridgehead atoms. The van der Waals surface area contributed by atoms with Gasteiger partial charge in [-0.15, -0.1) is 12.4 Å². The molecule has 4 nitrogen and oxygen atoms in total. The van der Waals surface area contributed by atoms with E-state index in [2.05, 4.69) is 15.2 Å². The van der Waals surface area contributed by atoms with Gasteiger partial charge in [-0.05, 0) is 20.4 Å². The lowest BCUT2D eigenvalue weighted by atomic mass is 10.2. The second kappa shape index (κ2) is 6.92. The van der Waals surface area contributed by atoms with E-state index in [0.29, 0.717) is 6.04 Å². The number of likely N-dealkylation sites (N-methyl/N-ethyl adjacent to an activating group) is 1. The number of hydrogen-bond acceptors (Lipinski definition) is 4. The largest absolute Gasteiger partial charge is 0.497 e. The lowest BCUT2D eigenvalue weighted by molar-refractivity contribution is 0.317. The summed E-state index contributed by atoms with van der Waals surface area (Å²) in [7, 11) is 3.73. The molecule has 0 amide bonds. The molecule has 1 atom stereocenters. The minimum Gasteiger partial charge on any atom is -0.497 e. The monoisotopic (exact) mass is 271 g/mol. The van der Waals surface area contributed by atoms with Crippen molar-refractivity contribution >= 4 is 12.4 Å². The van der Waals surface area contributed by atoms with E-state index >= 15 is 0 Å². The highest BCUT2D eigenvalue weighted by atomic mass is 35.5. The van der Waals surface area contributed by atoms with Crippen LogP contribution in [0.15, 0.2) is 12.1 Å². The zero-order chi connectivity index (χ0) is 12.3. The van der Waals surface area contributed by atoms with Gasteiger partial charge in [0.25, 0.3) is 0 Å². The van der Waals surface area contributed by atoms with Gasteiger partial charge in [-0.25, -0.2) is 0 Å². The van der Waals surface area contributed by atoms with Crippen molar-refractivity contribution in [2.75, 3.05) is 27.2 Å². The smallest absolute Gasteiger partial charge is 0.122 e. The third-order valence-corrected chi connectivity index (χ3v) is 3.28. The average molecular weight is 272 g/mol. The molecule has 0 aliphatic carbocycles. The Labute approximate surface area is 115 Å². The number of nitrogens with one attached hydrogen (secondary N) is 1. The minimum absolute atomic E-state index is 0. The fraction of sp³-hybridized carbons (Fsp3) is 0.615. The highest BCUT2D eigenvalue weighted by Crippen LogP contribution is 2.17. The van der Waals surface area contributed by atoms with Crippen molar-refractivity contribution in [2.45, 2.75) is 25.9 Å². The van der Waals surface area contributed by atoms with Gasteiger partial charge in [0.1, 0.15) is 5.75 Å². The average Bonchev–Trinajstić information content (AvgIpc) is 2.76. The van der Waals surface area contributed by atoms with Crippen LogP contribution in [0, 0.1) is 6.92 Å². The number of aromatic nitrogens is 1. The Hall–Kier alpha value is -0.840. The van der Waals surface area contributed by atoms with Gasteiger partial charge in [-0.1, -0.05) is 0 Å². The fourth-order valence-electron chi connectivity index (χ4n) is 2.34. The zero-order valence-electron chi connectivity index (χ0n) is 11.3. The van der Waals surface area contributed by atoms with Gasteiger partial charge in [0.05, 0.1) is 12.8 Å². The molecule has 18 heavy (non-hydrogen) atoms. The highest BCUT2D eigenvalue weighted by Gasteiger charge is 2.21. The first-order valence-corrected chi connectivity index (χ1v) is 6.12. The van der Waals surface area contributed by atoms with Crippen LogP contribution in [-0.2, 0) is 6.54 Å². The third-order valence-electron chi connectivity index (χ3n) is 3.28. The molecular weight excluding hydrogens is 250 g/mol. The standard InChI is InChI=1S/C13H21N3O.ClH/c1-10-6-13(17-3)7-12(15-10)9-16-5-4-11(8-16)14-2;/h6-7,11,14H,4-5,8-9H2,1-3H3;1H. The van der Waals surface area contributed by atoms with Crippen LogP contribution in [0.2, 0.25) is 0 Å². The Bertz CT molecular complexity index is 386. The van der Waals surface area contributed by atoms with Crippen LogP contribution in [0.1, 0.15) is 17.8 Å². The minimum atomic E-state index is 0. The summed E-state index contributed by atoms with van der Waals surface area (Å²) in [5, 5.41) is 3.33. The number of nitrogens with zero attached hydrogens (tertiary/aromatic N) is 2. The molecule has 5 heteroatoms. The molecule has 0 radical (unpaired) electrons. The zero-order valence-corrected chi connectivity index (χ0v) is 12.1. The van der Waals surface area contributed by atoms with Crippen molar-refractivity contribution < 1.29 is 4.74 Å². The van der Waals surface area contributed by atoms with Crippen LogP contribution in [0.3, 0.4) is 0 Å². The molecule has 1 unspecified atom stereocenters.